The zero-order valence-corrected chi connectivity index (χ0v) is 16.1. The van der Waals surface area contributed by atoms with E-state index in [1.807, 2.05) is 31.2 Å². The average Bonchev–Trinajstić information content (AvgIpc) is 2.92. The first-order valence-electron chi connectivity index (χ1n) is 7.78. The Labute approximate surface area is 165 Å². The standard InChI is InChI=1S/C18H15Cl2N3O2S/c1-10-2-5-12(6-3-10)21-16(24)9-15-17(25)23-18(26-15)22-14-8-11(19)4-7-13(14)20/h2-8,15H,9H2,1H3,(H,21,24)(H,22,23,25)/t15-/m1/s1. The monoisotopic (exact) mass is 407 g/mol. The Morgan fingerprint density at radius 3 is 2.69 bits per heavy atom. The van der Waals surface area contributed by atoms with Crippen molar-refractivity contribution in [3.05, 3.63) is 58.1 Å². The highest BCUT2D eigenvalue weighted by atomic mass is 35.5. The molecular formula is C18H15Cl2N3O2S. The molecule has 2 amide bonds. The van der Waals surface area contributed by atoms with Crippen LogP contribution in [-0.2, 0) is 9.59 Å². The highest BCUT2D eigenvalue weighted by Crippen LogP contribution is 2.31. The maximum absolute atomic E-state index is 12.2. The number of benzene rings is 2. The van der Waals surface area contributed by atoms with Crippen molar-refractivity contribution in [3.63, 3.8) is 0 Å². The van der Waals surface area contributed by atoms with E-state index in [2.05, 4.69) is 15.6 Å². The number of thioether (sulfide) groups is 1. The Bertz CT molecular complexity index is 885. The number of amides is 2. The van der Waals surface area contributed by atoms with Crippen LogP contribution in [0.1, 0.15) is 12.0 Å². The van der Waals surface area contributed by atoms with Crippen LogP contribution in [0.15, 0.2) is 47.5 Å². The Kier molecular flexibility index (Phi) is 5.86. The average molecular weight is 408 g/mol. The van der Waals surface area contributed by atoms with Gasteiger partial charge in [-0.1, -0.05) is 52.7 Å². The molecule has 2 N–H and O–H groups in total. The molecule has 0 unspecified atom stereocenters. The lowest BCUT2D eigenvalue weighted by atomic mass is 10.2. The Hall–Kier alpha value is -2.02. The molecular weight excluding hydrogens is 393 g/mol. The van der Waals surface area contributed by atoms with Gasteiger partial charge in [0.1, 0.15) is 5.25 Å². The van der Waals surface area contributed by atoms with Crippen LogP contribution in [0, 0.1) is 6.92 Å². The van der Waals surface area contributed by atoms with Crippen LogP contribution in [0.25, 0.3) is 0 Å². The maximum Gasteiger partial charge on any atom is 0.240 e. The molecule has 0 spiro atoms. The SMILES string of the molecule is Cc1ccc(NC(=O)C[C@H]2SC(=Nc3cc(Cl)ccc3Cl)NC2=O)cc1. The van der Waals surface area contributed by atoms with Gasteiger partial charge < -0.3 is 10.6 Å². The van der Waals surface area contributed by atoms with E-state index in [1.165, 1.54) is 11.8 Å². The van der Waals surface area contributed by atoms with E-state index in [-0.39, 0.29) is 18.2 Å². The first-order valence-corrected chi connectivity index (χ1v) is 9.42. The molecule has 1 heterocycles. The van der Waals surface area contributed by atoms with Crippen molar-refractivity contribution in [1.29, 1.82) is 0 Å². The lowest BCUT2D eigenvalue weighted by Gasteiger charge is -2.07. The van der Waals surface area contributed by atoms with Gasteiger partial charge in [-0.3, -0.25) is 9.59 Å². The molecule has 134 valence electrons. The molecule has 1 saturated heterocycles. The van der Waals surface area contributed by atoms with Gasteiger partial charge in [0.25, 0.3) is 0 Å². The van der Waals surface area contributed by atoms with Crippen LogP contribution in [0.2, 0.25) is 10.0 Å². The summed E-state index contributed by atoms with van der Waals surface area (Å²) in [5.41, 5.74) is 2.27. The fraction of sp³-hybridized carbons (Fsp3) is 0.167. The Balaban J connectivity index is 1.64. The highest BCUT2D eigenvalue weighted by Gasteiger charge is 2.32. The fourth-order valence-electron chi connectivity index (χ4n) is 2.29. The van der Waals surface area contributed by atoms with Crippen molar-refractivity contribution < 1.29 is 9.59 Å². The van der Waals surface area contributed by atoms with E-state index < -0.39 is 5.25 Å². The summed E-state index contributed by atoms with van der Waals surface area (Å²) in [6, 6.07) is 12.4. The number of anilines is 1. The van der Waals surface area contributed by atoms with E-state index >= 15 is 0 Å². The third-order valence-electron chi connectivity index (χ3n) is 3.61. The largest absolute Gasteiger partial charge is 0.326 e. The predicted octanol–water partition coefficient (Wildman–Crippen LogP) is 4.55. The van der Waals surface area contributed by atoms with Crippen molar-refractivity contribution in [2.75, 3.05) is 5.32 Å². The summed E-state index contributed by atoms with van der Waals surface area (Å²) in [6.45, 7) is 1.97. The van der Waals surface area contributed by atoms with E-state index in [1.54, 1.807) is 18.2 Å². The number of amidine groups is 1. The number of hydrogen-bond acceptors (Lipinski definition) is 4. The van der Waals surface area contributed by atoms with Gasteiger partial charge in [-0.05, 0) is 37.3 Å². The summed E-state index contributed by atoms with van der Waals surface area (Å²) >= 11 is 13.2. The summed E-state index contributed by atoms with van der Waals surface area (Å²) in [4.78, 5) is 28.6. The van der Waals surface area contributed by atoms with E-state index in [0.29, 0.717) is 26.6 Å². The number of carbonyl (C=O) groups excluding carboxylic acids is 2. The van der Waals surface area contributed by atoms with Crippen LogP contribution in [0.4, 0.5) is 11.4 Å². The summed E-state index contributed by atoms with van der Waals surface area (Å²) in [5.74, 6) is -0.491. The molecule has 5 nitrogen and oxygen atoms in total. The molecule has 8 heteroatoms. The van der Waals surface area contributed by atoms with Gasteiger partial charge in [-0.2, -0.15) is 0 Å². The number of aryl methyl sites for hydroxylation is 1. The molecule has 26 heavy (non-hydrogen) atoms. The van der Waals surface area contributed by atoms with Gasteiger partial charge >= 0.3 is 0 Å². The molecule has 3 rings (SSSR count). The van der Waals surface area contributed by atoms with Gasteiger partial charge in [0.2, 0.25) is 11.8 Å². The molecule has 0 aromatic heterocycles. The minimum atomic E-state index is -0.544. The number of aliphatic imine (C=N–C) groups is 1. The van der Waals surface area contributed by atoms with Crippen LogP contribution < -0.4 is 10.6 Å². The number of halogens is 2. The smallest absolute Gasteiger partial charge is 0.240 e. The number of nitrogens with zero attached hydrogens (tertiary/aromatic N) is 1. The van der Waals surface area contributed by atoms with Gasteiger partial charge in [0.15, 0.2) is 5.17 Å². The fourth-order valence-corrected chi connectivity index (χ4v) is 3.60. The van der Waals surface area contributed by atoms with Crippen LogP contribution >= 0.6 is 35.0 Å². The first-order chi connectivity index (χ1) is 12.4. The van der Waals surface area contributed by atoms with E-state index in [9.17, 15) is 9.59 Å². The topological polar surface area (TPSA) is 70.6 Å². The van der Waals surface area contributed by atoms with Crippen LogP contribution in [0.3, 0.4) is 0 Å². The van der Waals surface area contributed by atoms with Gasteiger partial charge in [-0.15, -0.1) is 0 Å². The number of carbonyl (C=O) groups is 2. The normalized spacial score (nSPS) is 18.0. The van der Waals surface area contributed by atoms with E-state index in [0.717, 1.165) is 5.56 Å². The van der Waals surface area contributed by atoms with Gasteiger partial charge in [0, 0.05) is 17.1 Å². The number of nitrogens with one attached hydrogen (secondary N) is 2. The first kappa shape index (κ1) is 18.8. The van der Waals surface area contributed by atoms with Gasteiger partial charge in [0.05, 0.1) is 10.7 Å². The van der Waals surface area contributed by atoms with E-state index in [4.69, 9.17) is 23.2 Å². The number of rotatable bonds is 4. The second kappa shape index (κ2) is 8.12. The molecule has 1 atom stereocenters. The van der Waals surface area contributed by atoms with Crippen molar-refractivity contribution >= 4 is 63.3 Å². The summed E-state index contributed by atoms with van der Waals surface area (Å²) in [6.07, 6.45) is 0.0483. The minimum Gasteiger partial charge on any atom is -0.326 e. The molecule has 0 aliphatic carbocycles. The third-order valence-corrected chi connectivity index (χ3v) is 5.25. The summed E-state index contributed by atoms with van der Waals surface area (Å²) < 4.78 is 0. The molecule has 1 aliphatic rings. The Morgan fingerprint density at radius 2 is 1.96 bits per heavy atom. The zero-order chi connectivity index (χ0) is 18.7. The summed E-state index contributed by atoms with van der Waals surface area (Å²) in [7, 11) is 0. The molecule has 1 aliphatic heterocycles. The molecule has 1 fully saturated rings. The summed E-state index contributed by atoms with van der Waals surface area (Å²) in [5, 5.41) is 6.23. The molecule has 0 radical (unpaired) electrons. The second-order valence-electron chi connectivity index (χ2n) is 5.73. The minimum absolute atomic E-state index is 0.0483. The Morgan fingerprint density at radius 1 is 1.23 bits per heavy atom. The molecule has 2 aromatic carbocycles. The third kappa shape index (κ3) is 4.78. The molecule has 2 aromatic rings. The quantitative estimate of drug-likeness (QED) is 0.780. The van der Waals surface area contributed by atoms with Gasteiger partial charge in [-0.25, -0.2) is 4.99 Å². The maximum atomic E-state index is 12.2. The van der Waals surface area contributed by atoms with Crippen molar-refractivity contribution in [3.8, 4) is 0 Å². The van der Waals surface area contributed by atoms with Crippen molar-refractivity contribution in [2.24, 2.45) is 4.99 Å². The van der Waals surface area contributed by atoms with Crippen LogP contribution in [0.5, 0.6) is 0 Å². The lowest BCUT2D eigenvalue weighted by Crippen LogP contribution is -2.28. The van der Waals surface area contributed by atoms with Crippen molar-refractivity contribution in [1.82, 2.24) is 5.32 Å². The second-order valence-corrected chi connectivity index (χ2v) is 7.76. The molecule has 0 saturated carbocycles. The van der Waals surface area contributed by atoms with Crippen molar-refractivity contribution in [2.45, 2.75) is 18.6 Å². The van der Waals surface area contributed by atoms with Crippen LogP contribution in [-0.4, -0.2) is 22.2 Å². The lowest BCUT2D eigenvalue weighted by molar-refractivity contribution is -0.122. The highest BCUT2D eigenvalue weighted by molar-refractivity contribution is 8.15. The molecule has 0 bridgehead atoms. The number of hydrogen-bond donors (Lipinski definition) is 2. The zero-order valence-electron chi connectivity index (χ0n) is 13.8. The predicted molar refractivity (Wildman–Crippen MR) is 108 cm³/mol.